The van der Waals surface area contributed by atoms with Crippen molar-refractivity contribution in [1.29, 1.82) is 0 Å². The first-order valence-corrected chi connectivity index (χ1v) is 24.2. The maximum absolute atomic E-state index is 13.7. The topological polar surface area (TPSA) is 402 Å². The van der Waals surface area contributed by atoms with Crippen LogP contribution in [0.5, 0.6) is 0 Å². The molecule has 4 aliphatic rings. The van der Waals surface area contributed by atoms with Gasteiger partial charge in [-0.25, -0.2) is 25.3 Å². The summed E-state index contributed by atoms with van der Waals surface area (Å²) in [4.78, 5) is 48.9. The predicted octanol–water partition coefficient (Wildman–Crippen LogP) is -6.05. The number of hydrazone groups is 4. The molecule has 0 heterocycles. The number of allylic oxidation sites excluding steroid dienone is 8. The number of hydrogen-bond acceptors (Lipinski definition) is 24. The first-order chi connectivity index (χ1) is 33.5. The smallest absolute Gasteiger partial charge is 0.744 e. The molecule has 360 valence electrons. The van der Waals surface area contributed by atoms with Gasteiger partial charge in [0.05, 0.1) is 43.1 Å². The minimum Gasteiger partial charge on any atom is -0.744 e. The Bertz CT molecular complexity index is 3760. The Labute approximate surface area is 486 Å². The number of anilines is 6. The van der Waals surface area contributed by atoms with Gasteiger partial charge in [0.2, 0.25) is 23.1 Å². The zero-order chi connectivity index (χ0) is 51.0. The molecule has 0 saturated heterocycles. The average Bonchev–Trinajstić information content (AvgIpc) is 3.30. The summed E-state index contributed by atoms with van der Waals surface area (Å²) in [5, 5.41) is 18.5. The number of rotatable bonds is 13. The predicted molar refractivity (Wildman–Crippen MR) is 258 cm³/mol. The first-order valence-electron chi connectivity index (χ1n) is 20.0. The van der Waals surface area contributed by atoms with Crippen molar-refractivity contribution in [2.24, 2.45) is 31.9 Å². The van der Waals surface area contributed by atoms with Gasteiger partial charge in [-0.2, -0.15) is 20.4 Å². The van der Waals surface area contributed by atoms with Crippen LogP contribution >= 0.6 is 0 Å². The van der Waals surface area contributed by atoms with Crippen molar-refractivity contribution in [1.82, 2.24) is 0 Å². The van der Waals surface area contributed by atoms with Gasteiger partial charge in [0.15, 0.2) is 0 Å². The number of fused-ring (bicyclic) bond motifs is 2. The molecular formula is C44H30N11Na3O13S3. The Hall–Kier alpha value is -5.99. The van der Waals surface area contributed by atoms with Gasteiger partial charge in [0.1, 0.15) is 53.2 Å². The third kappa shape index (κ3) is 13.6. The van der Waals surface area contributed by atoms with E-state index < -0.39 is 79.6 Å². The summed E-state index contributed by atoms with van der Waals surface area (Å²) in [6.45, 7) is 0. The van der Waals surface area contributed by atoms with E-state index in [4.69, 9.17) is 11.5 Å². The van der Waals surface area contributed by atoms with Crippen LogP contribution in [0.15, 0.2) is 162 Å². The summed E-state index contributed by atoms with van der Waals surface area (Å²) in [5.74, 6) is -2.96. The molecule has 0 saturated carbocycles. The molecule has 0 fully saturated rings. The number of ketones is 4. The van der Waals surface area contributed by atoms with Crippen LogP contribution in [0, 0.1) is 0 Å². The van der Waals surface area contributed by atoms with Crippen LogP contribution in [-0.2, 0) is 39.9 Å². The fourth-order valence-electron chi connectivity index (χ4n) is 6.81. The van der Waals surface area contributed by atoms with Crippen LogP contribution in [0.2, 0.25) is 0 Å². The van der Waals surface area contributed by atoms with E-state index in [1.54, 1.807) is 0 Å². The van der Waals surface area contributed by atoms with Gasteiger partial charge in [-0.1, -0.05) is 12.1 Å². The number of hydrogen-bond donors (Lipinski definition) is 7. The molecule has 4 aliphatic carbocycles. The van der Waals surface area contributed by atoms with E-state index in [-0.39, 0.29) is 168 Å². The molecule has 24 nitrogen and oxygen atoms in total. The molecule has 0 bridgehead atoms. The number of Topliss-reactive ketones (excluding diaryl/α,β-unsaturated/α-hetero) is 2. The van der Waals surface area contributed by atoms with Crippen molar-refractivity contribution in [2.45, 2.75) is 4.90 Å². The number of nitrogens with zero attached hydrogens (tertiary/aromatic N) is 4. The van der Waals surface area contributed by atoms with Crippen LogP contribution in [0.4, 0.5) is 34.1 Å². The summed E-state index contributed by atoms with van der Waals surface area (Å²) < 4.78 is 111. The summed E-state index contributed by atoms with van der Waals surface area (Å²) in [6, 6.07) is 16.7. The van der Waals surface area contributed by atoms with Gasteiger partial charge in [-0.3, -0.25) is 40.9 Å². The summed E-state index contributed by atoms with van der Waals surface area (Å²) in [6.07, 6.45) is 9.85. The third-order valence-corrected chi connectivity index (χ3v) is 12.8. The summed E-state index contributed by atoms with van der Waals surface area (Å²) >= 11 is 0. The van der Waals surface area contributed by atoms with Gasteiger partial charge in [-0.15, -0.1) is 0 Å². The first kappa shape index (κ1) is 58.9. The van der Waals surface area contributed by atoms with Gasteiger partial charge in [0, 0.05) is 40.4 Å². The minimum atomic E-state index is -5.34. The van der Waals surface area contributed by atoms with Crippen LogP contribution in [0.1, 0.15) is 31.8 Å². The van der Waals surface area contributed by atoms with Crippen LogP contribution < -0.4 is 127 Å². The van der Waals surface area contributed by atoms with Gasteiger partial charge in [0.25, 0.3) is 0 Å². The Morgan fingerprint density at radius 2 is 0.811 bits per heavy atom. The maximum atomic E-state index is 13.7. The summed E-state index contributed by atoms with van der Waals surface area (Å²) in [7, 11) is -15.9. The molecule has 0 radical (unpaired) electrons. The minimum absolute atomic E-state index is 0. The second kappa shape index (κ2) is 23.7. The molecule has 0 spiro atoms. The van der Waals surface area contributed by atoms with Crippen LogP contribution in [-0.4, -0.2) is 84.9 Å². The second-order valence-electron chi connectivity index (χ2n) is 15.1. The summed E-state index contributed by atoms with van der Waals surface area (Å²) in [5.41, 5.74) is 20.3. The van der Waals surface area contributed by atoms with Crippen LogP contribution in [0.25, 0.3) is 12.2 Å². The van der Waals surface area contributed by atoms with Crippen molar-refractivity contribution < 1.29 is 147 Å². The van der Waals surface area contributed by atoms with E-state index in [1.165, 1.54) is 97.1 Å². The standard InChI is InChI=1S/C44H33N11O13S3.3Na/c45-24-3-12-33(36(56)17-24)52-49-28-5-1-22-15-39(70(63,64)65)41(43(58)31(22)19-28)54-48-27-9-7-26(8-10-27)47-35-14-11-30(21-38(35)69(60,61)62)51-55-42-40(71(66,67)68)16-23-2-6-29(20-32(23)44(42)59)50-53-34-13-4-25(46)18-37(34)57;;;/h1-21,47-51H,45-46H2,(H,60,61,62)(H,63,64,65)(H,66,67,68);;;/q;3*+1/p-3/b52-33+,53-34+,54-41+,55-42+;;;. The second-order valence-corrected chi connectivity index (χ2v) is 19.1. The van der Waals surface area contributed by atoms with Crippen molar-refractivity contribution >= 4 is 123 Å². The molecule has 0 atom stereocenters. The maximum Gasteiger partial charge on any atom is 1.00 e. The molecule has 74 heavy (non-hydrogen) atoms. The molecule has 30 heteroatoms. The number of carbonyl (C=O) groups is 4. The fraction of sp³-hybridized carbons (Fsp3) is 0. The third-order valence-electron chi connectivity index (χ3n) is 10.2. The van der Waals surface area contributed by atoms with Crippen molar-refractivity contribution in [3.8, 4) is 0 Å². The van der Waals surface area contributed by atoms with E-state index >= 15 is 0 Å². The molecule has 9 N–H and O–H groups in total. The van der Waals surface area contributed by atoms with Crippen molar-refractivity contribution in [2.75, 3.05) is 27.0 Å². The number of benzene rings is 4. The van der Waals surface area contributed by atoms with E-state index in [2.05, 4.69) is 47.4 Å². The number of nitrogens with one attached hydrogen (secondary N) is 5. The quantitative estimate of drug-likeness (QED) is 0.0284. The molecule has 0 unspecified atom stereocenters. The molecule has 4 aromatic carbocycles. The van der Waals surface area contributed by atoms with Gasteiger partial charge >= 0.3 is 88.7 Å². The van der Waals surface area contributed by atoms with Gasteiger partial charge in [-0.05, 0) is 114 Å². The van der Waals surface area contributed by atoms with Crippen LogP contribution in [0.3, 0.4) is 0 Å². The number of nitrogens with two attached hydrogens (primary N) is 2. The Morgan fingerprint density at radius 1 is 0.432 bits per heavy atom. The number of carbonyl (C=O) groups excluding carboxylic acids is 4. The normalized spacial score (nSPS) is 17.4. The van der Waals surface area contributed by atoms with Gasteiger partial charge < -0.3 is 30.4 Å². The molecule has 0 aromatic heterocycles. The largest absolute Gasteiger partial charge is 1.00 e. The van der Waals surface area contributed by atoms with E-state index in [1.807, 2.05) is 0 Å². The monoisotopic (exact) mass is 1090 g/mol. The van der Waals surface area contributed by atoms with E-state index in [9.17, 15) is 58.1 Å². The molecule has 0 aliphatic heterocycles. The fourth-order valence-corrected chi connectivity index (χ4v) is 8.76. The SMILES string of the molecule is NC1=CC(=O)/C(=N/Nc2ccc3c(c2)C(=O)/C(=N/Nc2ccc(Nc4ccc(N/N=C5/C(=O)c6cc(N/N=C7\C=CC(N)=CC7=O)ccc6C=C5S(=O)(=O)[O-])cc4S(=O)(=O)[O-])cc2)C(S(=O)(=O)[O-])=C3)C=C1.[Na+].[Na+].[Na+]. The Balaban J connectivity index is 0.00000338. The molecule has 0 amide bonds. The van der Waals surface area contributed by atoms with E-state index in [0.717, 1.165) is 30.4 Å². The van der Waals surface area contributed by atoms with Crippen molar-refractivity contribution in [3.63, 3.8) is 0 Å². The van der Waals surface area contributed by atoms with E-state index in [0.29, 0.717) is 0 Å². The zero-order valence-electron chi connectivity index (χ0n) is 38.6. The zero-order valence-corrected chi connectivity index (χ0v) is 47.0. The molecule has 8 rings (SSSR count). The Morgan fingerprint density at radius 3 is 1.23 bits per heavy atom. The molecule has 4 aromatic rings. The Kier molecular flexibility index (Phi) is 18.9. The van der Waals surface area contributed by atoms with Crippen molar-refractivity contribution in [3.05, 3.63) is 159 Å². The average molecular weight is 1090 g/mol. The molecular weight excluding hydrogens is 1060 g/mol.